The molecule has 1 unspecified atom stereocenters. The molecule has 0 bridgehead atoms. The highest BCUT2D eigenvalue weighted by atomic mass is 16.5. The van der Waals surface area contributed by atoms with E-state index in [1.165, 1.54) is 19.3 Å². The Kier molecular flexibility index (Phi) is 5.84. The molecule has 0 aromatic carbocycles. The van der Waals surface area contributed by atoms with Gasteiger partial charge in [0.15, 0.2) is 5.78 Å². The van der Waals surface area contributed by atoms with Crippen LogP contribution in [-0.2, 0) is 14.3 Å². The first kappa shape index (κ1) is 17.0. The van der Waals surface area contributed by atoms with Crippen LogP contribution in [0.25, 0.3) is 0 Å². The molecule has 1 aliphatic heterocycles. The summed E-state index contributed by atoms with van der Waals surface area (Å²) in [5.74, 6) is 0.464. The Morgan fingerprint density at radius 3 is 2.43 bits per heavy atom. The average molecular weight is 296 g/mol. The Morgan fingerprint density at radius 1 is 1.19 bits per heavy atom. The second-order valence-electron chi connectivity index (χ2n) is 6.78. The van der Waals surface area contributed by atoms with Crippen LogP contribution in [0.2, 0.25) is 0 Å². The van der Waals surface area contributed by atoms with Gasteiger partial charge in [-0.05, 0) is 45.4 Å². The normalized spacial score (nSPS) is 26.0. The predicted molar refractivity (Wildman–Crippen MR) is 84.4 cm³/mol. The van der Waals surface area contributed by atoms with Crippen LogP contribution < -0.4 is 0 Å². The van der Waals surface area contributed by atoms with Gasteiger partial charge in [-0.25, -0.2) is 0 Å². The van der Waals surface area contributed by atoms with Crippen LogP contribution in [-0.4, -0.2) is 30.2 Å². The Morgan fingerprint density at radius 2 is 1.86 bits per heavy atom. The van der Waals surface area contributed by atoms with Gasteiger partial charge in [-0.2, -0.15) is 0 Å². The molecule has 1 saturated heterocycles. The molecule has 1 saturated carbocycles. The fourth-order valence-corrected chi connectivity index (χ4v) is 4.32. The monoisotopic (exact) mass is 296 g/mol. The van der Waals surface area contributed by atoms with Crippen molar-refractivity contribution in [3.63, 3.8) is 0 Å². The number of hydrogen-bond acceptors (Lipinski definition) is 3. The second kappa shape index (κ2) is 7.23. The largest absolute Gasteiger partial charge is 0.375 e. The van der Waals surface area contributed by atoms with Crippen molar-refractivity contribution in [2.45, 2.75) is 89.8 Å². The zero-order valence-corrected chi connectivity index (χ0v) is 14.1. The van der Waals surface area contributed by atoms with Crippen molar-refractivity contribution in [1.82, 2.24) is 0 Å². The maximum Gasteiger partial charge on any atom is 0.167 e. The molecular formula is C18H32O3. The molecule has 1 atom stereocenters. The van der Waals surface area contributed by atoms with Crippen molar-refractivity contribution in [1.29, 1.82) is 0 Å². The van der Waals surface area contributed by atoms with E-state index < -0.39 is 5.60 Å². The minimum atomic E-state index is -0.563. The molecule has 1 heterocycles. The summed E-state index contributed by atoms with van der Waals surface area (Å²) in [6.45, 7) is 7.49. The number of ether oxygens (including phenoxy) is 2. The molecule has 1 aliphatic carbocycles. The fourth-order valence-electron chi connectivity index (χ4n) is 4.32. The molecule has 1 spiro atoms. The van der Waals surface area contributed by atoms with Gasteiger partial charge < -0.3 is 9.47 Å². The Bertz CT molecular complexity index is 335. The van der Waals surface area contributed by atoms with Gasteiger partial charge in [0.2, 0.25) is 0 Å². The topological polar surface area (TPSA) is 35.5 Å². The molecular weight excluding hydrogens is 264 g/mol. The number of Topliss-reactive ketones (excluding diaryl/α,β-unsaturated/α-hetero) is 1. The van der Waals surface area contributed by atoms with Crippen molar-refractivity contribution in [3.8, 4) is 0 Å². The third-order valence-corrected chi connectivity index (χ3v) is 5.64. The molecule has 122 valence electrons. The van der Waals surface area contributed by atoms with Crippen LogP contribution in [0.3, 0.4) is 0 Å². The summed E-state index contributed by atoms with van der Waals surface area (Å²) in [6.07, 6.45) is 9.43. The first-order chi connectivity index (χ1) is 10.1. The van der Waals surface area contributed by atoms with Crippen molar-refractivity contribution in [3.05, 3.63) is 0 Å². The first-order valence-electron chi connectivity index (χ1n) is 8.93. The number of rotatable bonds is 6. The van der Waals surface area contributed by atoms with Crippen LogP contribution in [0.5, 0.6) is 0 Å². The molecule has 2 rings (SSSR count). The first-order valence-corrected chi connectivity index (χ1v) is 8.93. The van der Waals surface area contributed by atoms with Gasteiger partial charge in [0.1, 0.15) is 5.60 Å². The number of carbonyl (C=O) groups is 1. The fraction of sp³-hybridized carbons (Fsp3) is 0.944. The van der Waals surface area contributed by atoms with Gasteiger partial charge in [-0.3, -0.25) is 4.79 Å². The Labute approximate surface area is 129 Å². The highest BCUT2D eigenvalue weighted by Gasteiger charge is 2.46. The van der Waals surface area contributed by atoms with Crippen molar-refractivity contribution in [2.24, 2.45) is 5.92 Å². The lowest BCUT2D eigenvalue weighted by atomic mass is 9.72. The maximum absolute atomic E-state index is 13.1. The summed E-state index contributed by atoms with van der Waals surface area (Å²) in [5.41, 5.74) is -0.567. The summed E-state index contributed by atoms with van der Waals surface area (Å²) in [6, 6.07) is 0. The molecule has 0 radical (unpaired) electrons. The predicted octanol–water partition coefficient (Wildman–Crippen LogP) is 4.28. The lowest BCUT2D eigenvalue weighted by Gasteiger charge is -2.45. The van der Waals surface area contributed by atoms with Crippen LogP contribution in [0.1, 0.15) is 78.6 Å². The van der Waals surface area contributed by atoms with Crippen LogP contribution >= 0.6 is 0 Å². The van der Waals surface area contributed by atoms with Crippen molar-refractivity contribution >= 4 is 5.78 Å². The highest BCUT2D eigenvalue weighted by Crippen LogP contribution is 2.42. The van der Waals surface area contributed by atoms with Gasteiger partial charge >= 0.3 is 0 Å². The molecule has 21 heavy (non-hydrogen) atoms. The van der Waals surface area contributed by atoms with E-state index in [0.29, 0.717) is 12.4 Å². The minimum absolute atomic E-state index is 0.00371. The van der Waals surface area contributed by atoms with E-state index >= 15 is 0 Å². The van der Waals surface area contributed by atoms with Gasteiger partial charge in [-0.15, -0.1) is 0 Å². The smallest absolute Gasteiger partial charge is 0.167 e. The number of hydrogen-bond donors (Lipinski definition) is 0. The third-order valence-electron chi connectivity index (χ3n) is 5.64. The van der Waals surface area contributed by atoms with E-state index in [4.69, 9.17) is 9.47 Å². The summed E-state index contributed by atoms with van der Waals surface area (Å²) in [7, 11) is 0. The minimum Gasteiger partial charge on any atom is -0.375 e. The quantitative estimate of drug-likeness (QED) is 0.734. The van der Waals surface area contributed by atoms with E-state index in [0.717, 1.165) is 45.1 Å². The molecule has 3 heteroatoms. The summed E-state index contributed by atoms with van der Waals surface area (Å²) < 4.78 is 12.1. The molecule has 2 fully saturated rings. The lowest BCUT2D eigenvalue weighted by molar-refractivity contribution is -0.164. The van der Waals surface area contributed by atoms with Crippen molar-refractivity contribution < 1.29 is 14.3 Å². The van der Waals surface area contributed by atoms with E-state index in [2.05, 4.69) is 13.8 Å². The SMILES string of the molecule is CCOC(CC)(CC)C(=O)C1CCOC2(CCCCC2)C1. The summed E-state index contributed by atoms with van der Waals surface area (Å²) in [5, 5.41) is 0. The Balaban J connectivity index is 2.10. The summed E-state index contributed by atoms with van der Waals surface area (Å²) >= 11 is 0. The lowest BCUT2D eigenvalue weighted by Crippen LogP contribution is -2.50. The molecule has 0 aromatic rings. The molecule has 0 aromatic heterocycles. The number of carbonyl (C=O) groups excluding carboxylic acids is 1. The maximum atomic E-state index is 13.1. The molecule has 0 amide bonds. The van der Waals surface area contributed by atoms with Gasteiger partial charge in [-0.1, -0.05) is 33.1 Å². The highest BCUT2D eigenvalue weighted by molar-refractivity contribution is 5.89. The van der Waals surface area contributed by atoms with E-state index in [1.54, 1.807) is 0 Å². The van der Waals surface area contributed by atoms with E-state index in [-0.39, 0.29) is 11.5 Å². The van der Waals surface area contributed by atoms with Crippen LogP contribution in [0.4, 0.5) is 0 Å². The van der Waals surface area contributed by atoms with Gasteiger partial charge in [0.25, 0.3) is 0 Å². The van der Waals surface area contributed by atoms with Gasteiger partial charge in [0, 0.05) is 19.1 Å². The standard InChI is InChI=1S/C18H32O3/c1-4-18(5-2,20-6-3)16(19)15-10-13-21-17(14-15)11-8-7-9-12-17/h15H,4-14H2,1-3H3. The third kappa shape index (κ3) is 3.50. The van der Waals surface area contributed by atoms with Gasteiger partial charge in [0.05, 0.1) is 5.60 Å². The zero-order chi connectivity index (χ0) is 15.3. The molecule has 3 nitrogen and oxygen atoms in total. The Hall–Kier alpha value is -0.410. The van der Waals surface area contributed by atoms with Crippen molar-refractivity contribution in [2.75, 3.05) is 13.2 Å². The summed E-state index contributed by atoms with van der Waals surface area (Å²) in [4.78, 5) is 13.1. The van der Waals surface area contributed by atoms with Crippen LogP contribution in [0, 0.1) is 5.92 Å². The molecule has 0 N–H and O–H groups in total. The average Bonchev–Trinajstić information content (AvgIpc) is 2.53. The number of ketones is 1. The van der Waals surface area contributed by atoms with Crippen LogP contribution in [0.15, 0.2) is 0 Å². The zero-order valence-electron chi connectivity index (χ0n) is 14.1. The van der Waals surface area contributed by atoms with E-state index in [9.17, 15) is 4.79 Å². The molecule has 2 aliphatic rings. The van der Waals surface area contributed by atoms with E-state index in [1.807, 2.05) is 6.92 Å². The second-order valence-corrected chi connectivity index (χ2v) is 6.78.